The first-order valence-corrected chi connectivity index (χ1v) is 50.4. The zero-order chi connectivity index (χ0) is 87.5. The smallest absolute Gasteiger partial charge is 0.463 e. The number of carbonyl (C=O) groups excluding carboxylic acids is 4. The predicted octanol–water partition coefficient (Wildman–Crippen LogP) is 18.7. The van der Waals surface area contributed by atoms with Crippen LogP contribution in [0.1, 0.15) is 432 Å². The van der Waals surface area contributed by atoms with Gasteiger partial charge in [0.25, 0.3) is 0 Å². The summed E-state index contributed by atoms with van der Waals surface area (Å²) >= 11 is 0. The number of phosphoric ester groups is 1. The molecule has 3 fully saturated rings. The van der Waals surface area contributed by atoms with Crippen LogP contribution in [0.5, 0.6) is 0 Å². The molecule has 18 unspecified atom stereocenters. The molecule has 0 bridgehead atoms. The summed E-state index contributed by atoms with van der Waals surface area (Å²) < 4.78 is 73.6. The topological polar surface area (TPSA) is 380 Å². The van der Waals surface area contributed by atoms with Crippen LogP contribution >= 0.6 is 7.82 Å². The van der Waals surface area contributed by atoms with Crippen molar-refractivity contribution in [3.8, 4) is 0 Å². The number of unbranched alkanes of at least 4 members (excludes halogenated alkanes) is 54. The Morgan fingerprint density at radius 3 is 1.00 bits per heavy atom. The molecule has 1 aliphatic carbocycles. The van der Waals surface area contributed by atoms with Gasteiger partial charge in [-0.25, -0.2) is 4.57 Å². The quantitative estimate of drug-likeness (QED) is 0.00889. The Labute approximate surface area is 724 Å². The van der Waals surface area contributed by atoms with E-state index < -0.39 is 162 Å². The first-order chi connectivity index (χ1) is 58.2. The van der Waals surface area contributed by atoms with E-state index in [0.717, 1.165) is 148 Å². The van der Waals surface area contributed by atoms with Crippen LogP contribution < -0.4 is 0 Å². The summed E-state index contributed by atoms with van der Waals surface area (Å²) in [6.45, 7) is 5.63. The molecule has 3 aliphatic rings. The molecular formula is C94H175O25P. The van der Waals surface area contributed by atoms with Gasteiger partial charge >= 0.3 is 31.7 Å². The van der Waals surface area contributed by atoms with Crippen molar-refractivity contribution in [3.63, 3.8) is 0 Å². The van der Waals surface area contributed by atoms with E-state index in [0.29, 0.717) is 32.1 Å². The summed E-state index contributed by atoms with van der Waals surface area (Å²) in [6, 6.07) is 0. The molecule has 0 aromatic carbocycles. The first kappa shape index (κ1) is 111. The fraction of sp³-hybridized carbons (Fsp3) is 0.936. The lowest BCUT2D eigenvalue weighted by Gasteiger charge is -2.50. The maximum Gasteiger partial charge on any atom is 0.472 e. The Hall–Kier alpha value is -2.79. The largest absolute Gasteiger partial charge is 0.472 e. The molecule has 0 radical (unpaired) electrons. The molecule has 2 aliphatic heterocycles. The van der Waals surface area contributed by atoms with Crippen LogP contribution in [0.4, 0.5) is 0 Å². The standard InChI is InChI=1S/C94H175O25P/c1-5-9-13-17-21-25-29-33-37-41-45-48-52-56-60-64-68-79(98)113-74(71-110-77(96)66-62-58-54-50-46-42-38-34-30-26-22-18-14-10-6-2)72-112-120(108,109)119-92-90(117-93-87(106)83(102)81(100)75(70-95)114-93)86(105)85(104)89(116-80(99)69-65-61-57-53-49-44-40-36-32-28-24-20-16-12-8-4)91(92)118-94-88(107)84(103)82(101)76(115-94)73-111-78(97)67-63-59-55-51-47-43-39-35-31-27-23-19-15-11-7-3/h26,30,74-76,81-95,100-107H,5-25,27-29,31-73H2,1-4H3,(H,108,109)/b30-26-. The molecule has 26 heteroatoms. The van der Waals surface area contributed by atoms with Gasteiger partial charge in [-0.2, -0.15) is 0 Å². The molecule has 0 aromatic rings. The lowest BCUT2D eigenvalue weighted by molar-refractivity contribution is -0.360. The van der Waals surface area contributed by atoms with Gasteiger partial charge in [-0.15, -0.1) is 0 Å². The van der Waals surface area contributed by atoms with Crippen molar-refractivity contribution in [2.24, 2.45) is 0 Å². The number of aliphatic hydroxyl groups excluding tert-OH is 9. The van der Waals surface area contributed by atoms with Crippen molar-refractivity contribution >= 4 is 31.7 Å². The lowest BCUT2D eigenvalue weighted by atomic mass is 9.84. The highest BCUT2D eigenvalue weighted by molar-refractivity contribution is 7.47. The Bertz CT molecular complexity index is 2530. The van der Waals surface area contributed by atoms with Gasteiger partial charge in [-0.3, -0.25) is 28.2 Å². The molecule has 2 heterocycles. The van der Waals surface area contributed by atoms with Crippen LogP contribution in [0.25, 0.3) is 0 Å². The summed E-state index contributed by atoms with van der Waals surface area (Å²) in [4.78, 5) is 66.6. The molecule has 706 valence electrons. The fourth-order valence-electron chi connectivity index (χ4n) is 16.3. The number of rotatable bonds is 80. The number of allylic oxidation sites excluding steroid dienone is 2. The Balaban J connectivity index is 1.90. The molecule has 0 spiro atoms. The number of ether oxygens (including phenoxy) is 8. The molecule has 18 atom stereocenters. The first-order valence-electron chi connectivity index (χ1n) is 48.9. The molecule has 10 N–H and O–H groups in total. The van der Waals surface area contributed by atoms with Gasteiger partial charge in [0.15, 0.2) is 24.8 Å². The van der Waals surface area contributed by atoms with Gasteiger partial charge in [0.05, 0.1) is 13.2 Å². The highest BCUT2D eigenvalue weighted by Crippen LogP contribution is 2.49. The average molecular weight is 1740 g/mol. The van der Waals surface area contributed by atoms with Crippen molar-refractivity contribution in [1.29, 1.82) is 0 Å². The summed E-state index contributed by atoms with van der Waals surface area (Å²) in [5.41, 5.74) is 0. The van der Waals surface area contributed by atoms with Gasteiger partial charge < -0.3 is 88.7 Å². The van der Waals surface area contributed by atoms with Crippen LogP contribution in [0.2, 0.25) is 0 Å². The van der Waals surface area contributed by atoms with Gasteiger partial charge in [0.2, 0.25) is 0 Å². The summed E-state index contributed by atoms with van der Waals surface area (Å²) in [5, 5.41) is 102. The Morgan fingerprint density at radius 1 is 0.325 bits per heavy atom. The third kappa shape index (κ3) is 52.5. The maximum atomic E-state index is 14.9. The summed E-state index contributed by atoms with van der Waals surface area (Å²) in [7, 11) is -5.81. The normalized spacial score (nSPS) is 24.7. The van der Waals surface area contributed by atoms with Crippen LogP contribution in [0.3, 0.4) is 0 Å². The molecule has 1 saturated carbocycles. The number of hydrogen-bond donors (Lipinski definition) is 10. The molecule has 3 rings (SSSR count). The number of carbonyl (C=O) groups is 4. The van der Waals surface area contributed by atoms with Crippen LogP contribution in [0, 0.1) is 0 Å². The monoisotopic (exact) mass is 1740 g/mol. The number of hydrogen-bond acceptors (Lipinski definition) is 24. The fourth-order valence-corrected chi connectivity index (χ4v) is 17.2. The van der Waals surface area contributed by atoms with Crippen LogP contribution in [-0.4, -0.2) is 205 Å². The second-order valence-electron chi connectivity index (χ2n) is 34.9. The van der Waals surface area contributed by atoms with Gasteiger partial charge in [-0.05, 0) is 51.4 Å². The molecule has 0 aromatic heterocycles. The lowest BCUT2D eigenvalue weighted by Crippen LogP contribution is -2.70. The molecular weight excluding hydrogens is 1560 g/mol. The highest BCUT2D eigenvalue weighted by atomic mass is 31.2. The minimum absolute atomic E-state index is 0.0192. The summed E-state index contributed by atoms with van der Waals surface area (Å²) in [6.07, 6.45) is 33.2. The number of esters is 4. The van der Waals surface area contributed by atoms with Crippen molar-refractivity contribution in [1.82, 2.24) is 0 Å². The second-order valence-corrected chi connectivity index (χ2v) is 36.4. The van der Waals surface area contributed by atoms with E-state index in [1.807, 2.05) is 0 Å². The highest BCUT2D eigenvalue weighted by Gasteiger charge is 2.60. The Morgan fingerprint density at radius 2 is 0.625 bits per heavy atom. The van der Waals surface area contributed by atoms with Crippen molar-refractivity contribution in [2.45, 2.75) is 536 Å². The number of phosphoric acid groups is 1. The molecule has 0 amide bonds. The van der Waals surface area contributed by atoms with Gasteiger partial charge in [0, 0.05) is 25.7 Å². The van der Waals surface area contributed by atoms with Gasteiger partial charge in [-0.1, -0.05) is 367 Å². The van der Waals surface area contributed by atoms with E-state index >= 15 is 0 Å². The molecule has 2 saturated heterocycles. The average Bonchev–Trinajstić information content (AvgIpc) is 0.754. The SMILES string of the molecule is CCCCCC/C=C\CCCCCCCCCC(=O)OCC(COP(=O)(O)OC1C(OC2OC(CO)C(O)C(O)C2O)C(O)C(O)C(OC(=O)CCCCCCCCCCCCCCCCC)C1OC1OC(COC(=O)CCCCCCCCCCCCCCCCC)C(O)C(O)C1O)OC(=O)CCCCCCCCCCCCCCCCCC. The number of aliphatic hydroxyl groups is 9. The maximum absolute atomic E-state index is 14.9. The van der Waals surface area contributed by atoms with E-state index in [4.69, 9.17) is 46.9 Å². The molecule has 120 heavy (non-hydrogen) atoms. The van der Waals surface area contributed by atoms with Crippen molar-refractivity contribution in [3.05, 3.63) is 12.2 Å². The van der Waals surface area contributed by atoms with E-state index in [1.54, 1.807) is 0 Å². The minimum atomic E-state index is -5.81. The van der Waals surface area contributed by atoms with E-state index in [-0.39, 0.29) is 25.7 Å². The second kappa shape index (κ2) is 73.2. The van der Waals surface area contributed by atoms with E-state index in [1.165, 1.54) is 199 Å². The van der Waals surface area contributed by atoms with Crippen LogP contribution in [0.15, 0.2) is 12.2 Å². The van der Waals surface area contributed by atoms with E-state index in [2.05, 4.69) is 39.8 Å². The van der Waals surface area contributed by atoms with E-state index in [9.17, 15) is 74.6 Å². The minimum Gasteiger partial charge on any atom is -0.463 e. The van der Waals surface area contributed by atoms with Crippen LogP contribution in [-0.2, 0) is 70.7 Å². The van der Waals surface area contributed by atoms with Gasteiger partial charge in [0.1, 0.15) is 92.6 Å². The zero-order valence-electron chi connectivity index (χ0n) is 75.4. The van der Waals surface area contributed by atoms with Crippen molar-refractivity contribution in [2.75, 3.05) is 26.4 Å². The third-order valence-corrected chi connectivity index (χ3v) is 25.0. The third-order valence-electron chi connectivity index (χ3n) is 24.0. The summed E-state index contributed by atoms with van der Waals surface area (Å²) in [5.74, 6) is -2.95. The zero-order valence-corrected chi connectivity index (χ0v) is 76.3. The van der Waals surface area contributed by atoms with Crippen molar-refractivity contribution < 1.29 is 122 Å². The molecule has 25 nitrogen and oxygen atoms in total. The Kier molecular flexibility index (Phi) is 67.9. The predicted molar refractivity (Wildman–Crippen MR) is 467 cm³/mol.